The van der Waals surface area contributed by atoms with Crippen LogP contribution in [0.15, 0.2) is 58.3 Å². The number of alkyl halides is 1. The predicted octanol–water partition coefficient (Wildman–Crippen LogP) is 4.47. The molecule has 2 aromatic rings. The van der Waals surface area contributed by atoms with E-state index in [9.17, 15) is 4.79 Å². The van der Waals surface area contributed by atoms with Crippen molar-refractivity contribution in [3.8, 4) is 0 Å². The van der Waals surface area contributed by atoms with Gasteiger partial charge >= 0.3 is 0 Å². The van der Waals surface area contributed by atoms with Crippen LogP contribution in [-0.2, 0) is 0 Å². The Labute approximate surface area is 112 Å². The second-order valence-corrected chi connectivity index (χ2v) is 5.86. The predicted molar refractivity (Wildman–Crippen MR) is 73.0 cm³/mol. The van der Waals surface area contributed by atoms with Crippen molar-refractivity contribution in [3.05, 3.63) is 59.7 Å². The Hall–Kier alpha value is -1.06. The SMILES string of the molecule is O=C1c2ccccc2Sc2ccccc2[C@@H]1Br. The second kappa shape index (κ2) is 4.31. The molecular weight excluding hydrogens is 296 g/mol. The molecule has 17 heavy (non-hydrogen) atoms. The molecule has 0 fully saturated rings. The van der Waals surface area contributed by atoms with Gasteiger partial charge in [0, 0.05) is 15.4 Å². The van der Waals surface area contributed by atoms with Gasteiger partial charge in [-0.15, -0.1) is 0 Å². The van der Waals surface area contributed by atoms with E-state index in [1.165, 1.54) is 0 Å². The lowest BCUT2D eigenvalue weighted by Crippen LogP contribution is -2.06. The zero-order valence-electron chi connectivity index (χ0n) is 8.89. The van der Waals surface area contributed by atoms with Crippen molar-refractivity contribution in [1.82, 2.24) is 0 Å². The van der Waals surface area contributed by atoms with Gasteiger partial charge in [0.1, 0.15) is 4.83 Å². The lowest BCUT2D eigenvalue weighted by Gasteiger charge is -2.08. The summed E-state index contributed by atoms with van der Waals surface area (Å²) in [6, 6.07) is 15.8. The fourth-order valence-electron chi connectivity index (χ4n) is 1.94. The van der Waals surface area contributed by atoms with Crippen LogP contribution >= 0.6 is 27.7 Å². The Morgan fingerprint density at radius 2 is 1.59 bits per heavy atom. The highest BCUT2D eigenvalue weighted by molar-refractivity contribution is 9.09. The highest BCUT2D eigenvalue weighted by Gasteiger charge is 2.27. The summed E-state index contributed by atoms with van der Waals surface area (Å²) in [5.74, 6) is 0.137. The fourth-order valence-corrected chi connectivity index (χ4v) is 3.85. The summed E-state index contributed by atoms with van der Waals surface area (Å²) < 4.78 is 0. The molecule has 0 aliphatic carbocycles. The number of carbonyl (C=O) groups excluding carboxylic acids is 1. The molecule has 0 radical (unpaired) electrons. The van der Waals surface area contributed by atoms with Gasteiger partial charge < -0.3 is 0 Å². The van der Waals surface area contributed by atoms with E-state index in [4.69, 9.17) is 0 Å². The molecule has 1 atom stereocenters. The number of carbonyl (C=O) groups is 1. The van der Waals surface area contributed by atoms with Crippen LogP contribution in [-0.4, -0.2) is 5.78 Å². The molecule has 2 aromatic carbocycles. The summed E-state index contributed by atoms with van der Waals surface area (Å²) in [7, 11) is 0. The largest absolute Gasteiger partial charge is 0.292 e. The van der Waals surface area contributed by atoms with Gasteiger partial charge in [-0.3, -0.25) is 4.79 Å². The van der Waals surface area contributed by atoms with E-state index in [-0.39, 0.29) is 10.6 Å². The number of Topliss-reactive ketones (excluding diaryl/α,β-unsaturated/α-hetero) is 1. The van der Waals surface area contributed by atoms with Crippen LogP contribution in [0, 0.1) is 0 Å². The van der Waals surface area contributed by atoms with Crippen molar-refractivity contribution in [2.45, 2.75) is 14.6 Å². The standard InChI is InChI=1S/C14H9BrOS/c15-13-9-5-1-3-7-11(9)17-12-8-4-2-6-10(12)14(13)16/h1-8,13H/t13-/m0/s1. The number of halogens is 1. The molecule has 0 bridgehead atoms. The van der Waals surface area contributed by atoms with Crippen LogP contribution in [0.25, 0.3) is 0 Å². The fraction of sp³-hybridized carbons (Fsp3) is 0.0714. The van der Waals surface area contributed by atoms with E-state index < -0.39 is 0 Å². The van der Waals surface area contributed by atoms with Gasteiger partial charge in [0.15, 0.2) is 5.78 Å². The Morgan fingerprint density at radius 3 is 2.41 bits per heavy atom. The third-order valence-corrected chi connectivity index (χ3v) is 4.87. The minimum atomic E-state index is -0.241. The lowest BCUT2D eigenvalue weighted by atomic mass is 10.0. The summed E-state index contributed by atoms with van der Waals surface area (Å²) >= 11 is 5.17. The van der Waals surface area contributed by atoms with E-state index in [0.717, 1.165) is 20.9 Å². The van der Waals surface area contributed by atoms with Crippen LogP contribution in [0.1, 0.15) is 20.7 Å². The highest BCUT2D eigenvalue weighted by atomic mass is 79.9. The maximum atomic E-state index is 12.3. The topological polar surface area (TPSA) is 17.1 Å². The summed E-state index contributed by atoms with van der Waals surface area (Å²) in [6.07, 6.45) is 0. The number of rotatable bonds is 0. The first-order valence-electron chi connectivity index (χ1n) is 5.31. The average molecular weight is 305 g/mol. The lowest BCUT2D eigenvalue weighted by molar-refractivity contribution is 0.0988. The smallest absolute Gasteiger partial charge is 0.182 e. The van der Waals surface area contributed by atoms with Crippen molar-refractivity contribution in [2.75, 3.05) is 0 Å². The maximum Gasteiger partial charge on any atom is 0.182 e. The quantitative estimate of drug-likeness (QED) is 0.668. The molecule has 84 valence electrons. The first kappa shape index (κ1) is 11.1. The van der Waals surface area contributed by atoms with Crippen LogP contribution < -0.4 is 0 Å². The van der Waals surface area contributed by atoms with E-state index in [1.54, 1.807) is 11.8 Å². The normalized spacial score (nSPS) is 18.2. The van der Waals surface area contributed by atoms with Gasteiger partial charge in [0.2, 0.25) is 0 Å². The van der Waals surface area contributed by atoms with Crippen molar-refractivity contribution in [2.24, 2.45) is 0 Å². The van der Waals surface area contributed by atoms with Crippen molar-refractivity contribution < 1.29 is 4.79 Å². The average Bonchev–Trinajstić information content (AvgIpc) is 2.48. The molecule has 1 aliphatic rings. The Balaban J connectivity index is 2.24. The van der Waals surface area contributed by atoms with Crippen LogP contribution in [0.3, 0.4) is 0 Å². The van der Waals surface area contributed by atoms with Gasteiger partial charge in [-0.05, 0) is 17.7 Å². The Kier molecular flexibility index (Phi) is 2.81. The molecule has 1 aliphatic heterocycles. The van der Waals surface area contributed by atoms with Gasteiger partial charge in [0.25, 0.3) is 0 Å². The molecule has 0 spiro atoms. The van der Waals surface area contributed by atoms with Gasteiger partial charge in [-0.2, -0.15) is 0 Å². The molecule has 3 heteroatoms. The van der Waals surface area contributed by atoms with Crippen molar-refractivity contribution in [1.29, 1.82) is 0 Å². The Morgan fingerprint density at radius 1 is 0.941 bits per heavy atom. The van der Waals surface area contributed by atoms with Gasteiger partial charge in [-0.1, -0.05) is 64.1 Å². The first-order valence-corrected chi connectivity index (χ1v) is 7.04. The van der Waals surface area contributed by atoms with E-state index in [2.05, 4.69) is 22.0 Å². The number of hydrogen-bond acceptors (Lipinski definition) is 2. The third kappa shape index (κ3) is 1.83. The molecule has 0 saturated heterocycles. The van der Waals surface area contributed by atoms with Crippen LogP contribution in [0.2, 0.25) is 0 Å². The minimum absolute atomic E-state index is 0.137. The van der Waals surface area contributed by atoms with E-state index >= 15 is 0 Å². The van der Waals surface area contributed by atoms with Crippen LogP contribution in [0.4, 0.5) is 0 Å². The van der Waals surface area contributed by atoms with E-state index in [0.29, 0.717) is 0 Å². The molecule has 0 amide bonds. The maximum absolute atomic E-state index is 12.3. The van der Waals surface area contributed by atoms with Crippen LogP contribution in [0.5, 0.6) is 0 Å². The molecule has 0 N–H and O–H groups in total. The molecular formula is C14H9BrOS. The summed E-state index contributed by atoms with van der Waals surface area (Å²) in [5.41, 5.74) is 1.86. The summed E-state index contributed by atoms with van der Waals surface area (Å²) in [6.45, 7) is 0. The number of ketones is 1. The molecule has 1 nitrogen and oxygen atoms in total. The van der Waals surface area contributed by atoms with Gasteiger partial charge in [-0.25, -0.2) is 0 Å². The zero-order chi connectivity index (χ0) is 11.8. The molecule has 0 saturated carbocycles. The molecule has 0 aromatic heterocycles. The number of fused-ring (bicyclic) bond motifs is 2. The van der Waals surface area contributed by atoms with Gasteiger partial charge in [0.05, 0.1) is 0 Å². The first-order chi connectivity index (χ1) is 8.27. The highest BCUT2D eigenvalue weighted by Crippen LogP contribution is 2.43. The third-order valence-electron chi connectivity index (χ3n) is 2.79. The van der Waals surface area contributed by atoms with E-state index in [1.807, 2.05) is 42.5 Å². The number of hydrogen-bond donors (Lipinski definition) is 0. The minimum Gasteiger partial charge on any atom is -0.292 e. The zero-order valence-corrected chi connectivity index (χ0v) is 11.3. The van der Waals surface area contributed by atoms with Crippen molar-refractivity contribution >= 4 is 33.5 Å². The Bertz CT molecular complexity index is 594. The monoisotopic (exact) mass is 304 g/mol. The summed E-state index contributed by atoms with van der Waals surface area (Å²) in [4.78, 5) is 14.3. The molecule has 0 unspecified atom stereocenters. The summed E-state index contributed by atoms with van der Waals surface area (Å²) in [5, 5.41) is 0. The molecule has 1 heterocycles. The molecule has 3 rings (SSSR count). The number of benzene rings is 2. The second-order valence-electron chi connectivity index (χ2n) is 3.86. The van der Waals surface area contributed by atoms with Crippen molar-refractivity contribution in [3.63, 3.8) is 0 Å².